The zero-order chi connectivity index (χ0) is 8.97. The lowest BCUT2D eigenvalue weighted by Crippen LogP contribution is -2.08. The molecule has 0 aliphatic heterocycles. The van der Waals surface area contributed by atoms with Gasteiger partial charge in [0.25, 0.3) is 0 Å². The Kier molecular flexibility index (Phi) is 3.72. The average molecular weight is 172 g/mol. The van der Waals surface area contributed by atoms with Gasteiger partial charge in [-0.15, -0.1) is 0 Å². The van der Waals surface area contributed by atoms with Crippen LogP contribution in [0, 0.1) is 5.92 Å². The minimum atomic E-state index is 0.0283. The summed E-state index contributed by atoms with van der Waals surface area (Å²) in [5.41, 5.74) is 2.09. The minimum Gasteiger partial charge on any atom is -0.396 e. The third-order valence-corrected chi connectivity index (χ3v) is 2.55. The quantitative estimate of drug-likeness (QED) is 0.525. The van der Waals surface area contributed by atoms with Gasteiger partial charge in [-0.3, -0.25) is 0 Å². The van der Waals surface area contributed by atoms with E-state index >= 15 is 0 Å². The molecule has 1 aliphatic rings. The van der Waals surface area contributed by atoms with E-state index in [2.05, 4.69) is 0 Å². The summed E-state index contributed by atoms with van der Waals surface area (Å²) in [6, 6.07) is 0. The Labute approximate surface area is 72.3 Å². The number of hydrogen-bond donors (Lipinski definition) is 3. The summed E-state index contributed by atoms with van der Waals surface area (Å²) in [6.07, 6.45) is 2.48. The van der Waals surface area contributed by atoms with Crippen molar-refractivity contribution in [3.05, 3.63) is 11.1 Å². The number of rotatable bonds is 4. The lowest BCUT2D eigenvalue weighted by atomic mass is 10.0. The molecule has 3 N–H and O–H groups in total. The molecule has 3 nitrogen and oxygen atoms in total. The number of aliphatic hydroxyl groups excluding tert-OH is 3. The Balaban J connectivity index is 2.65. The molecule has 0 heterocycles. The summed E-state index contributed by atoms with van der Waals surface area (Å²) in [5.74, 6) is 0.136. The fourth-order valence-electron chi connectivity index (χ4n) is 1.83. The molecule has 0 spiro atoms. The highest BCUT2D eigenvalue weighted by Gasteiger charge is 2.23. The van der Waals surface area contributed by atoms with Crippen molar-refractivity contribution in [2.75, 3.05) is 19.8 Å². The first-order valence-electron chi connectivity index (χ1n) is 4.36. The SMILES string of the molecule is OCCC1=C(CO)C(CO)CC1. The van der Waals surface area contributed by atoms with Gasteiger partial charge in [0, 0.05) is 19.1 Å². The van der Waals surface area contributed by atoms with Crippen LogP contribution in [0.25, 0.3) is 0 Å². The van der Waals surface area contributed by atoms with Crippen LogP contribution >= 0.6 is 0 Å². The first-order chi connectivity index (χ1) is 5.83. The van der Waals surface area contributed by atoms with Gasteiger partial charge < -0.3 is 15.3 Å². The standard InChI is InChI=1S/C9H16O3/c10-4-3-7-1-2-8(5-11)9(7)6-12/h8,10-12H,1-6H2. The minimum absolute atomic E-state index is 0.0283. The van der Waals surface area contributed by atoms with Crippen LogP contribution in [0.2, 0.25) is 0 Å². The molecule has 0 radical (unpaired) electrons. The topological polar surface area (TPSA) is 60.7 Å². The van der Waals surface area contributed by atoms with Crippen LogP contribution in [-0.4, -0.2) is 35.1 Å². The predicted molar refractivity (Wildman–Crippen MR) is 45.6 cm³/mol. The molecule has 0 fully saturated rings. The summed E-state index contributed by atoms with van der Waals surface area (Å²) in [4.78, 5) is 0. The van der Waals surface area contributed by atoms with Crippen LogP contribution < -0.4 is 0 Å². The van der Waals surface area contributed by atoms with Crippen molar-refractivity contribution in [3.63, 3.8) is 0 Å². The Morgan fingerprint density at radius 3 is 2.50 bits per heavy atom. The van der Waals surface area contributed by atoms with Gasteiger partial charge in [0.1, 0.15) is 0 Å². The Morgan fingerprint density at radius 2 is 2.00 bits per heavy atom. The predicted octanol–water partition coefficient (Wildman–Crippen LogP) is 0.0600. The van der Waals surface area contributed by atoms with E-state index < -0.39 is 0 Å². The number of hydrogen-bond acceptors (Lipinski definition) is 3. The maximum Gasteiger partial charge on any atom is 0.0647 e. The second-order valence-electron chi connectivity index (χ2n) is 3.18. The van der Waals surface area contributed by atoms with Crippen LogP contribution in [0.4, 0.5) is 0 Å². The average Bonchev–Trinajstić information content (AvgIpc) is 2.47. The molecule has 0 bridgehead atoms. The Morgan fingerprint density at radius 1 is 1.25 bits per heavy atom. The molecule has 1 unspecified atom stereocenters. The van der Waals surface area contributed by atoms with Crippen molar-refractivity contribution in [1.29, 1.82) is 0 Å². The fraction of sp³-hybridized carbons (Fsp3) is 0.778. The van der Waals surface area contributed by atoms with Crippen molar-refractivity contribution < 1.29 is 15.3 Å². The summed E-state index contributed by atoms with van der Waals surface area (Å²) in [6.45, 7) is 0.280. The Hall–Kier alpha value is -0.380. The van der Waals surface area contributed by atoms with E-state index in [-0.39, 0.29) is 25.7 Å². The maximum absolute atomic E-state index is 9.01. The van der Waals surface area contributed by atoms with E-state index in [9.17, 15) is 0 Å². The third kappa shape index (κ3) is 1.86. The fourth-order valence-corrected chi connectivity index (χ4v) is 1.83. The highest BCUT2D eigenvalue weighted by Crippen LogP contribution is 2.32. The van der Waals surface area contributed by atoms with Crippen LogP contribution in [0.1, 0.15) is 19.3 Å². The van der Waals surface area contributed by atoms with Gasteiger partial charge in [-0.2, -0.15) is 0 Å². The molecular weight excluding hydrogens is 156 g/mol. The van der Waals surface area contributed by atoms with Crippen LogP contribution in [0.3, 0.4) is 0 Å². The maximum atomic E-state index is 9.01. The first kappa shape index (κ1) is 9.71. The van der Waals surface area contributed by atoms with E-state index in [1.165, 1.54) is 0 Å². The van der Waals surface area contributed by atoms with Crippen LogP contribution in [-0.2, 0) is 0 Å². The first-order valence-corrected chi connectivity index (χ1v) is 4.36. The molecule has 0 aromatic carbocycles. The second-order valence-corrected chi connectivity index (χ2v) is 3.18. The normalized spacial score (nSPS) is 23.8. The molecule has 3 heteroatoms. The van der Waals surface area contributed by atoms with Gasteiger partial charge in [-0.1, -0.05) is 5.57 Å². The highest BCUT2D eigenvalue weighted by molar-refractivity contribution is 5.23. The zero-order valence-electron chi connectivity index (χ0n) is 7.16. The molecule has 0 aromatic rings. The van der Waals surface area contributed by atoms with Crippen molar-refractivity contribution in [3.8, 4) is 0 Å². The molecular formula is C9H16O3. The smallest absolute Gasteiger partial charge is 0.0647 e. The van der Waals surface area contributed by atoms with Gasteiger partial charge in [0.05, 0.1) is 6.61 Å². The third-order valence-electron chi connectivity index (χ3n) is 2.55. The molecule has 12 heavy (non-hydrogen) atoms. The van der Waals surface area contributed by atoms with Crippen molar-refractivity contribution >= 4 is 0 Å². The second kappa shape index (κ2) is 4.60. The molecule has 1 aliphatic carbocycles. The highest BCUT2D eigenvalue weighted by atomic mass is 16.3. The molecule has 0 saturated heterocycles. The summed E-state index contributed by atoms with van der Waals surface area (Å²) in [5, 5.41) is 26.7. The summed E-state index contributed by atoms with van der Waals surface area (Å²) >= 11 is 0. The molecule has 0 saturated carbocycles. The van der Waals surface area contributed by atoms with E-state index in [0.29, 0.717) is 6.42 Å². The lowest BCUT2D eigenvalue weighted by molar-refractivity contribution is 0.228. The van der Waals surface area contributed by atoms with Gasteiger partial charge in [0.15, 0.2) is 0 Å². The van der Waals surface area contributed by atoms with E-state index in [0.717, 1.165) is 24.0 Å². The van der Waals surface area contributed by atoms with Gasteiger partial charge >= 0.3 is 0 Å². The molecule has 1 rings (SSSR count). The number of aliphatic hydroxyl groups is 3. The van der Waals surface area contributed by atoms with E-state index in [1.54, 1.807) is 0 Å². The molecule has 1 atom stereocenters. The van der Waals surface area contributed by atoms with Gasteiger partial charge in [-0.05, 0) is 24.8 Å². The van der Waals surface area contributed by atoms with Gasteiger partial charge in [0.2, 0.25) is 0 Å². The van der Waals surface area contributed by atoms with Crippen molar-refractivity contribution in [2.45, 2.75) is 19.3 Å². The van der Waals surface area contributed by atoms with E-state index in [4.69, 9.17) is 15.3 Å². The molecule has 70 valence electrons. The summed E-state index contributed by atoms with van der Waals surface area (Å²) < 4.78 is 0. The largest absolute Gasteiger partial charge is 0.396 e. The zero-order valence-corrected chi connectivity index (χ0v) is 7.16. The Bertz CT molecular complexity index is 175. The van der Waals surface area contributed by atoms with Gasteiger partial charge in [-0.25, -0.2) is 0 Å². The lowest BCUT2D eigenvalue weighted by Gasteiger charge is -2.09. The van der Waals surface area contributed by atoms with Crippen molar-refractivity contribution in [1.82, 2.24) is 0 Å². The van der Waals surface area contributed by atoms with Crippen molar-refractivity contribution in [2.24, 2.45) is 5.92 Å². The molecule has 0 amide bonds. The molecule has 0 aromatic heterocycles. The summed E-state index contributed by atoms with van der Waals surface area (Å²) in [7, 11) is 0. The van der Waals surface area contributed by atoms with Crippen LogP contribution in [0.5, 0.6) is 0 Å². The van der Waals surface area contributed by atoms with Crippen LogP contribution in [0.15, 0.2) is 11.1 Å². The van der Waals surface area contributed by atoms with E-state index in [1.807, 2.05) is 0 Å². The monoisotopic (exact) mass is 172 g/mol.